The first-order valence-corrected chi connectivity index (χ1v) is 7.75. The van der Waals surface area contributed by atoms with E-state index < -0.39 is 5.97 Å². The lowest BCUT2D eigenvalue weighted by Crippen LogP contribution is -2.45. The second-order valence-electron chi connectivity index (χ2n) is 6.08. The Morgan fingerprint density at radius 1 is 1.20 bits per heavy atom. The van der Waals surface area contributed by atoms with E-state index in [0.717, 1.165) is 0 Å². The van der Waals surface area contributed by atoms with Crippen molar-refractivity contribution in [3.8, 4) is 0 Å². The fourth-order valence-corrected chi connectivity index (χ4v) is 2.75. The van der Waals surface area contributed by atoms with E-state index in [0.29, 0.717) is 18.9 Å². The van der Waals surface area contributed by atoms with Crippen LogP contribution in [0.1, 0.15) is 58.8 Å². The molecule has 5 heteroatoms. The van der Waals surface area contributed by atoms with Gasteiger partial charge in [0, 0.05) is 19.0 Å². The minimum absolute atomic E-state index is 0.134. The molecule has 0 bridgehead atoms. The Hall–Kier alpha value is -1.26. The van der Waals surface area contributed by atoms with Crippen LogP contribution in [0, 0.1) is 11.8 Å². The number of carbonyl (C=O) groups is 2. The first-order valence-electron chi connectivity index (χ1n) is 7.75. The first-order chi connectivity index (χ1) is 9.49. The van der Waals surface area contributed by atoms with Crippen LogP contribution in [-0.4, -0.2) is 29.7 Å². The monoisotopic (exact) mass is 284 g/mol. The molecule has 5 nitrogen and oxygen atoms in total. The van der Waals surface area contributed by atoms with Gasteiger partial charge in [0.1, 0.15) is 0 Å². The van der Waals surface area contributed by atoms with Crippen LogP contribution in [0.25, 0.3) is 0 Å². The zero-order chi connectivity index (χ0) is 15.0. The van der Waals surface area contributed by atoms with Crippen molar-refractivity contribution in [3.05, 3.63) is 0 Å². The number of aliphatic carboxylic acids is 1. The topological polar surface area (TPSA) is 78.4 Å². The average molecular weight is 284 g/mol. The number of carboxylic acids is 1. The van der Waals surface area contributed by atoms with E-state index in [1.165, 1.54) is 32.1 Å². The van der Waals surface area contributed by atoms with Crippen LogP contribution in [0.3, 0.4) is 0 Å². The highest BCUT2D eigenvalue weighted by molar-refractivity contribution is 5.74. The molecular weight excluding hydrogens is 256 g/mol. The third kappa shape index (κ3) is 6.78. The molecule has 2 amide bonds. The van der Waals surface area contributed by atoms with Crippen LogP contribution < -0.4 is 10.6 Å². The van der Waals surface area contributed by atoms with Crippen LogP contribution in [0.2, 0.25) is 0 Å². The Balaban J connectivity index is 2.17. The number of hydrogen-bond donors (Lipinski definition) is 3. The van der Waals surface area contributed by atoms with Gasteiger partial charge in [0.15, 0.2) is 0 Å². The summed E-state index contributed by atoms with van der Waals surface area (Å²) in [6, 6.07) is 0.0786. The van der Waals surface area contributed by atoms with E-state index in [1.807, 2.05) is 6.92 Å². The van der Waals surface area contributed by atoms with Gasteiger partial charge >= 0.3 is 12.0 Å². The third-order valence-electron chi connectivity index (χ3n) is 4.18. The van der Waals surface area contributed by atoms with Gasteiger partial charge in [-0.05, 0) is 38.0 Å². The summed E-state index contributed by atoms with van der Waals surface area (Å²) in [5.74, 6) is -0.00649. The minimum Gasteiger partial charge on any atom is -0.481 e. The van der Waals surface area contributed by atoms with Crippen molar-refractivity contribution in [2.45, 2.75) is 64.8 Å². The summed E-state index contributed by atoms with van der Waals surface area (Å²) in [6.45, 7) is 4.55. The third-order valence-corrected chi connectivity index (χ3v) is 4.18. The fourth-order valence-electron chi connectivity index (χ4n) is 2.75. The summed E-state index contributed by atoms with van der Waals surface area (Å²) in [5, 5.41) is 14.4. The Labute approximate surface area is 121 Å². The van der Waals surface area contributed by atoms with Crippen LogP contribution >= 0.6 is 0 Å². The predicted molar refractivity (Wildman–Crippen MR) is 78.6 cm³/mol. The molecule has 0 heterocycles. The Kier molecular flexibility index (Phi) is 7.41. The molecule has 1 aliphatic carbocycles. The lowest BCUT2D eigenvalue weighted by molar-refractivity contribution is -0.137. The van der Waals surface area contributed by atoms with E-state index in [-0.39, 0.29) is 24.4 Å². The molecule has 0 aromatic heterocycles. The molecule has 1 fully saturated rings. The molecule has 1 rings (SSSR count). The highest BCUT2D eigenvalue weighted by Crippen LogP contribution is 2.26. The summed E-state index contributed by atoms with van der Waals surface area (Å²) in [7, 11) is 0. The fraction of sp³-hybridized carbons (Fsp3) is 0.867. The average Bonchev–Trinajstić information content (AvgIpc) is 2.43. The van der Waals surface area contributed by atoms with Crippen molar-refractivity contribution in [1.82, 2.24) is 10.6 Å². The maximum Gasteiger partial charge on any atom is 0.315 e. The van der Waals surface area contributed by atoms with Crippen LogP contribution in [0.4, 0.5) is 4.79 Å². The Bertz CT molecular complexity index is 314. The highest BCUT2D eigenvalue weighted by Gasteiger charge is 2.21. The van der Waals surface area contributed by atoms with Gasteiger partial charge in [0.05, 0.1) is 0 Å². The number of urea groups is 1. The van der Waals surface area contributed by atoms with Crippen molar-refractivity contribution >= 4 is 12.0 Å². The molecule has 0 aliphatic heterocycles. The van der Waals surface area contributed by atoms with E-state index in [4.69, 9.17) is 5.11 Å². The van der Waals surface area contributed by atoms with Gasteiger partial charge in [-0.2, -0.15) is 0 Å². The van der Waals surface area contributed by atoms with Gasteiger partial charge in [0.2, 0.25) is 0 Å². The molecule has 0 aromatic carbocycles. The Morgan fingerprint density at radius 3 is 2.45 bits per heavy atom. The molecule has 3 N–H and O–H groups in total. The van der Waals surface area contributed by atoms with E-state index >= 15 is 0 Å². The maximum absolute atomic E-state index is 11.8. The van der Waals surface area contributed by atoms with Crippen LogP contribution in [0.15, 0.2) is 0 Å². The van der Waals surface area contributed by atoms with Gasteiger partial charge in [-0.25, -0.2) is 4.79 Å². The summed E-state index contributed by atoms with van der Waals surface area (Å²) in [6.07, 6.45) is 7.01. The van der Waals surface area contributed by atoms with E-state index in [9.17, 15) is 9.59 Å². The molecule has 0 spiro atoms. The molecule has 2 atom stereocenters. The van der Waals surface area contributed by atoms with Gasteiger partial charge in [-0.1, -0.05) is 26.2 Å². The normalized spacial score (nSPS) is 19.1. The SMILES string of the molecule is CC(CCC(=O)O)CNC(=O)NC(C)C1CCCCC1. The number of hydrogen-bond acceptors (Lipinski definition) is 2. The van der Waals surface area contributed by atoms with Crippen molar-refractivity contribution in [2.75, 3.05) is 6.54 Å². The number of carbonyl (C=O) groups excluding carboxylic acids is 1. The molecule has 116 valence electrons. The zero-order valence-electron chi connectivity index (χ0n) is 12.7. The van der Waals surface area contributed by atoms with Gasteiger partial charge in [-0.15, -0.1) is 0 Å². The maximum atomic E-state index is 11.8. The summed E-state index contributed by atoms with van der Waals surface area (Å²) >= 11 is 0. The van der Waals surface area contributed by atoms with Gasteiger partial charge < -0.3 is 15.7 Å². The van der Waals surface area contributed by atoms with Crippen molar-refractivity contribution in [3.63, 3.8) is 0 Å². The number of rotatable bonds is 7. The summed E-state index contributed by atoms with van der Waals surface area (Å²) in [5.41, 5.74) is 0. The van der Waals surface area contributed by atoms with Crippen molar-refractivity contribution in [2.24, 2.45) is 11.8 Å². The van der Waals surface area contributed by atoms with E-state index in [1.54, 1.807) is 0 Å². The number of carboxylic acid groups (broad SMARTS) is 1. The van der Waals surface area contributed by atoms with Crippen LogP contribution in [0.5, 0.6) is 0 Å². The predicted octanol–water partition coefficient (Wildman–Crippen LogP) is 2.76. The second-order valence-corrected chi connectivity index (χ2v) is 6.08. The molecule has 0 saturated heterocycles. The Morgan fingerprint density at radius 2 is 1.85 bits per heavy atom. The molecular formula is C15H28N2O3. The largest absolute Gasteiger partial charge is 0.481 e. The van der Waals surface area contributed by atoms with E-state index in [2.05, 4.69) is 17.6 Å². The molecule has 2 unspecified atom stereocenters. The number of amides is 2. The minimum atomic E-state index is -0.785. The second kappa shape index (κ2) is 8.82. The number of nitrogens with one attached hydrogen (secondary N) is 2. The smallest absolute Gasteiger partial charge is 0.315 e. The molecule has 1 aliphatic rings. The lowest BCUT2D eigenvalue weighted by Gasteiger charge is -2.28. The standard InChI is InChI=1S/C15H28N2O3/c1-11(8-9-14(18)19)10-16-15(20)17-12(2)13-6-4-3-5-7-13/h11-13H,3-10H2,1-2H3,(H,18,19)(H2,16,17,20). The van der Waals surface area contributed by atoms with Gasteiger partial charge in [0.25, 0.3) is 0 Å². The van der Waals surface area contributed by atoms with Gasteiger partial charge in [-0.3, -0.25) is 4.79 Å². The summed E-state index contributed by atoms with van der Waals surface area (Å²) in [4.78, 5) is 22.3. The quantitative estimate of drug-likeness (QED) is 0.672. The molecule has 0 aromatic rings. The first kappa shape index (κ1) is 16.8. The molecule has 20 heavy (non-hydrogen) atoms. The van der Waals surface area contributed by atoms with Crippen molar-refractivity contribution in [1.29, 1.82) is 0 Å². The lowest BCUT2D eigenvalue weighted by atomic mass is 9.85. The highest BCUT2D eigenvalue weighted by atomic mass is 16.4. The summed E-state index contributed by atoms with van der Waals surface area (Å²) < 4.78 is 0. The van der Waals surface area contributed by atoms with Crippen LogP contribution in [-0.2, 0) is 4.79 Å². The molecule has 1 saturated carbocycles. The zero-order valence-corrected chi connectivity index (χ0v) is 12.7. The molecule has 0 radical (unpaired) electrons. The van der Waals surface area contributed by atoms with Crippen molar-refractivity contribution < 1.29 is 14.7 Å².